The van der Waals surface area contributed by atoms with Gasteiger partial charge in [0, 0.05) is 18.4 Å². The highest BCUT2D eigenvalue weighted by molar-refractivity contribution is 5.96. The first-order chi connectivity index (χ1) is 10.2. The van der Waals surface area contributed by atoms with Crippen LogP contribution in [-0.2, 0) is 6.42 Å². The van der Waals surface area contributed by atoms with Crippen molar-refractivity contribution in [3.05, 3.63) is 29.3 Å². The van der Waals surface area contributed by atoms with Gasteiger partial charge in [-0.3, -0.25) is 4.79 Å². The van der Waals surface area contributed by atoms with Gasteiger partial charge in [-0.05, 0) is 37.1 Å². The minimum Gasteiger partial charge on any atom is -0.490 e. The van der Waals surface area contributed by atoms with Crippen molar-refractivity contribution < 1.29 is 9.53 Å². The topological polar surface area (TPSA) is 26.3 Å². The van der Waals surface area contributed by atoms with Crippen LogP contribution in [0.1, 0.15) is 81.1 Å². The molecule has 2 rings (SSSR count). The maximum Gasteiger partial charge on any atom is 0.162 e. The van der Waals surface area contributed by atoms with E-state index in [2.05, 4.69) is 13.8 Å². The van der Waals surface area contributed by atoms with Crippen LogP contribution in [0, 0.1) is 0 Å². The Kier molecular flexibility index (Phi) is 6.28. The fourth-order valence-corrected chi connectivity index (χ4v) is 2.98. The number of benzene rings is 1. The number of ether oxygens (including phenoxy) is 1. The van der Waals surface area contributed by atoms with Crippen molar-refractivity contribution in [3.8, 4) is 5.75 Å². The van der Waals surface area contributed by atoms with E-state index in [-0.39, 0.29) is 11.9 Å². The van der Waals surface area contributed by atoms with Crippen molar-refractivity contribution in [1.29, 1.82) is 0 Å². The van der Waals surface area contributed by atoms with Crippen molar-refractivity contribution >= 4 is 5.78 Å². The molecular weight excluding hydrogens is 260 g/mol. The van der Waals surface area contributed by atoms with Crippen LogP contribution in [0.15, 0.2) is 18.2 Å². The second-order valence-corrected chi connectivity index (χ2v) is 6.25. The highest BCUT2D eigenvalue weighted by atomic mass is 16.5. The fraction of sp³-hybridized carbons (Fsp3) is 0.632. The van der Waals surface area contributed by atoms with Crippen molar-refractivity contribution in [1.82, 2.24) is 0 Å². The Bertz CT molecular complexity index is 465. The smallest absolute Gasteiger partial charge is 0.162 e. The van der Waals surface area contributed by atoms with Crippen LogP contribution in [0.25, 0.3) is 0 Å². The van der Waals surface area contributed by atoms with E-state index in [9.17, 15) is 4.79 Å². The molecule has 1 aromatic rings. The lowest BCUT2D eigenvalue weighted by atomic mass is 10.0. The van der Waals surface area contributed by atoms with Gasteiger partial charge in [-0.1, -0.05) is 45.4 Å². The van der Waals surface area contributed by atoms with Crippen LogP contribution in [0.2, 0.25) is 0 Å². The Morgan fingerprint density at radius 1 is 1.14 bits per heavy atom. The summed E-state index contributed by atoms with van der Waals surface area (Å²) in [7, 11) is 0. The van der Waals surface area contributed by atoms with E-state index in [0.29, 0.717) is 6.42 Å². The van der Waals surface area contributed by atoms with Crippen LogP contribution in [0.4, 0.5) is 0 Å². The molecule has 0 radical (unpaired) electrons. The molecule has 2 nitrogen and oxygen atoms in total. The molecule has 0 saturated heterocycles. The SMILES string of the molecule is CCCCCCCCCC(=O)c1ccc2c(c1)CC(C)O2. The standard InChI is InChI=1S/C19H28O2/c1-3-4-5-6-7-8-9-10-18(20)16-11-12-19-17(14-16)13-15(2)21-19/h11-12,14-15H,3-10,13H2,1-2H3. The summed E-state index contributed by atoms with van der Waals surface area (Å²) in [5.41, 5.74) is 2.05. The Morgan fingerprint density at radius 2 is 1.86 bits per heavy atom. The molecule has 1 unspecified atom stereocenters. The zero-order valence-corrected chi connectivity index (χ0v) is 13.5. The average molecular weight is 288 g/mol. The normalized spacial score (nSPS) is 16.6. The van der Waals surface area contributed by atoms with Crippen LogP contribution < -0.4 is 4.74 Å². The van der Waals surface area contributed by atoms with Gasteiger partial charge in [0.2, 0.25) is 0 Å². The summed E-state index contributed by atoms with van der Waals surface area (Å²) in [5.74, 6) is 1.24. The van der Waals surface area contributed by atoms with Gasteiger partial charge in [-0.15, -0.1) is 0 Å². The fourth-order valence-electron chi connectivity index (χ4n) is 2.98. The molecule has 0 aliphatic carbocycles. The highest BCUT2D eigenvalue weighted by Crippen LogP contribution is 2.29. The summed E-state index contributed by atoms with van der Waals surface area (Å²) in [5, 5.41) is 0. The number of carbonyl (C=O) groups excluding carboxylic acids is 1. The monoisotopic (exact) mass is 288 g/mol. The minimum absolute atomic E-state index is 0.244. The predicted molar refractivity (Wildman–Crippen MR) is 87.2 cm³/mol. The third-order valence-corrected chi connectivity index (χ3v) is 4.23. The van der Waals surface area contributed by atoms with Crippen molar-refractivity contribution in [2.75, 3.05) is 0 Å². The molecule has 0 amide bonds. The van der Waals surface area contributed by atoms with Crippen LogP contribution in [0.5, 0.6) is 5.75 Å². The van der Waals surface area contributed by atoms with Crippen LogP contribution in [0.3, 0.4) is 0 Å². The van der Waals surface area contributed by atoms with Crippen molar-refractivity contribution in [2.45, 2.75) is 77.7 Å². The molecule has 0 saturated carbocycles. The van der Waals surface area contributed by atoms with Crippen molar-refractivity contribution in [2.24, 2.45) is 0 Å². The third-order valence-electron chi connectivity index (χ3n) is 4.23. The molecule has 1 atom stereocenters. The minimum atomic E-state index is 0.244. The van der Waals surface area contributed by atoms with E-state index in [1.807, 2.05) is 18.2 Å². The number of fused-ring (bicyclic) bond motifs is 1. The van der Waals surface area contributed by atoms with Gasteiger partial charge in [0.05, 0.1) is 0 Å². The summed E-state index contributed by atoms with van der Waals surface area (Å²) in [6.45, 7) is 4.31. The molecule has 2 heteroatoms. The number of hydrogen-bond donors (Lipinski definition) is 0. The first-order valence-corrected chi connectivity index (χ1v) is 8.53. The van der Waals surface area contributed by atoms with Gasteiger partial charge in [-0.25, -0.2) is 0 Å². The number of hydrogen-bond acceptors (Lipinski definition) is 2. The van der Waals surface area contributed by atoms with Crippen LogP contribution in [-0.4, -0.2) is 11.9 Å². The number of Topliss-reactive ketones (excluding diaryl/α,β-unsaturated/α-hetero) is 1. The molecular formula is C19H28O2. The van der Waals surface area contributed by atoms with Gasteiger partial charge in [0.15, 0.2) is 5.78 Å². The van der Waals surface area contributed by atoms with Crippen LogP contribution >= 0.6 is 0 Å². The number of unbranched alkanes of at least 4 members (excludes halogenated alkanes) is 6. The maximum absolute atomic E-state index is 12.2. The summed E-state index contributed by atoms with van der Waals surface area (Å²) < 4.78 is 5.68. The van der Waals surface area contributed by atoms with Gasteiger partial charge in [-0.2, -0.15) is 0 Å². The zero-order valence-electron chi connectivity index (χ0n) is 13.5. The van der Waals surface area contributed by atoms with Crippen molar-refractivity contribution in [3.63, 3.8) is 0 Å². The molecule has 0 bridgehead atoms. The average Bonchev–Trinajstić information content (AvgIpc) is 2.85. The van der Waals surface area contributed by atoms with Gasteiger partial charge in [0.1, 0.15) is 11.9 Å². The number of ketones is 1. The molecule has 21 heavy (non-hydrogen) atoms. The Morgan fingerprint density at radius 3 is 2.62 bits per heavy atom. The van der Waals surface area contributed by atoms with E-state index in [0.717, 1.165) is 24.2 Å². The largest absolute Gasteiger partial charge is 0.490 e. The van der Waals surface area contributed by atoms with Gasteiger partial charge < -0.3 is 4.74 Å². The number of rotatable bonds is 9. The Balaban J connectivity index is 1.71. The highest BCUT2D eigenvalue weighted by Gasteiger charge is 2.20. The van der Waals surface area contributed by atoms with E-state index >= 15 is 0 Å². The molecule has 1 aromatic carbocycles. The van der Waals surface area contributed by atoms with Gasteiger partial charge >= 0.3 is 0 Å². The summed E-state index contributed by atoms with van der Waals surface area (Å²) in [6, 6.07) is 5.90. The molecule has 0 aromatic heterocycles. The molecule has 1 aliphatic heterocycles. The lowest BCUT2D eigenvalue weighted by molar-refractivity contribution is 0.0979. The predicted octanol–water partition coefficient (Wildman–Crippen LogP) is 5.33. The lowest BCUT2D eigenvalue weighted by Crippen LogP contribution is -2.05. The molecule has 0 fully saturated rings. The lowest BCUT2D eigenvalue weighted by Gasteiger charge is -2.04. The first-order valence-electron chi connectivity index (χ1n) is 8.53. The van der Waals surface area contributed by atoms with E-state index in [4.69, 9.17) is 4.74 Å². The second-order valence-electron chi connectivity index (χ2n) is 6.25. The molecule has 0 spiro atoms. The molecule has 0 N–H and O–H groups in total. The third kappa shape index (κ3) is 4.87. The summed E-state index contributed by atoms with van der Waals surface area (Å²) in [6.07, 6.45) is 10.6. The molecule has 1 aliphatic rings. The van der Waals surface area contributed by atoms with Gasteiger partial charge in [0.25, 0.3) is 0 Å². The quantitative estimate of drug-likeness (QED) is 0.453. The summed E-state index contributed by atoms with van der Waals surface area (Å²) in [4.78, 5) is 12.2. The van der Waals surface area contributed by atoms with E-state index in [1.54, 1.807) is 0 Å². The maximum atomic E-state index is 12.2. The number of carbonyl (C=O) groups is 1. The zero-order chi connectivity index (χ0) is 15.1. The van der Waals surface area contributed by atoms with E-state index < -0.39 is 0 Å². The molecule has 1 heterocycles. The summed E-state index contributed by atoms with van der Waals surface area (Å²) >= 11 is 0. The Labute approximate surface area is 128 Å². The van der Waals surface area contributed by atoms with E-state index in [1.165, 1.54) is 44.1 Å². The Hall–Kier alpha value is -1.31. The molecule has 116 valence electrons. The first kappa shape index (κ1) is 16.1. The second kappa shape index (κ2) is 8.21.